The Kier molecular flexibility index (Phi) is 7.39. The summed E-state index contributed by atoms with van der Waals surface area (Å²) in [5.41, 5.74) is 2.34. The molecule has 3 atom stereocenters. The van der Waals surface area contributed by atoms with Gasteiger partial charge in [0.25, 0.3) is 0 Å². The Morgan fingerprint density at radius 2 is 1.94 bits per heavy atom. The van der Waals surface area contributed by atoms with Crippen LogP contribution in [-0.2, 0) is 0 Å². The fourth-order valence-electron chi connectivity index (χ4n) is 4.84. The van der Waals surface area contributed by atoms with E-state index in [1.165, 1.54) is 12.1 Å². The lowest BCUT2D eigenvalue weighted by Gasteiger charge is -2.23. The minimum absolute atomic E-state index is 0.135. The summed E-state index contributed by atoms with van der Waals surface area (Å²) in [5.74, 6) is 1.75. The van der Waals surface area contributed by atoms with Crippen LogP contribution in [0.1, 0.15) is 48.3 Å². The van der Waals surface area contributed by atoms with Crippen LogP contribution in [0.25, 0.3) is 11.5 Å². The lowest BCUT2D eigenvalue weighted by atomic mass is 9.96. The third-order valence-electron chi connectivity index (χ3n) is 6.81. The van der Waals surface area contributed by atoms with E-state index in [0.717, 1.165) is 49.2 Å². The number of β-amino-alcohol motifs (C(OH)–C–C–N with tert-alkyl or cyclic N) is 1. The lowest BCUT2D eigenvalue weighted by molar-refractivity contribution is 0.115. The van der Waals surface area contributed by atoms with Crippen molar-refractivity contribution in [1.82, 2.24) is 15.2 Å². The fourth-order valence-corrected chi connectivity index (χ4v) is 4.84. The van der Waals surface area contributed by atoms with Gasteiger partial charge in [0, 0.05) is 24.2 Å². The Morgan fingerprint density at radius 1 is 1.14 bits per heavy atom. The van der Waals surface area contributed by atoms with Crippen LogP contribution < -0.4 is 5.32 Å². The topological polar surface area (TPSA) is 73.9 Å². The predicted molar refractivity (Wildman–Crippen MR) is 139 cm³/mol. The summed E-state index contributed by atoms with van der Waals surface area (Å²) in [7, 11) is 0. The molecule has 0 saturated carbocycles. The van der Waals surface area contributed by atoms with Crippen molar-refractivity contribution in [2.45, 2.75) is 37.3 Å². The molecule has 0 spiro atoms. The number of halogens is 1. The second-order valence-electron chi connectivity index (χ2n) is 9.30. The molecule has 1 fully saturated rings. The van der Waals surface area contributed by atoms with Gasteiger partial charge in [0.1, 0.15) is 17.3 Å². The Hall–Kier alpha value is -3.55. The highest BCUT2D eigenvalue weighted by Gasteiger charge is 2.29. The van der Waals surface area contributed by atoms with Gasteiger partial charge in [0.15, 0.2) is 5.84 Å². The molecule has 3 heterocycles. The number of rotatable bonds is 7. The number of nitrogens with one attached hydrogen (secondary N) is 1. The predicted octanol–water partition coefficient (Wildman–Crippen LogP) is 5.20. The number of hydrogen-bond donors (Lipinski definition) is 2. The van der Waals surface area contributed by atoms with Gasteiger partial charge in [0.2, 0.25) is 5.89 Å². The number of aliphatic hydroxyl groups is 1. The van der Waals surface area contributed by atoms with Gasteiger partial charge in [-0.05, 0) is 68.3 Å². The normalized spacial score (nSPS) is 21.3. The number of hydrogen-bond acceptors (Lipinski definition) is 6. The molecule has 3 aromatic rings. The van der Waals surface area contributed by atoms with E-state index in [0.29, 0.717) is 24.0 Å². The molecule has 2 N–H and O–H groups in total. The molecule has 2 aliphatic rings. The summed E-state index contributed by atoms with van der Waals surface area (Å²) in [6.45, 7) is 6.21. The smallest absolute Gasteiger partial charge is 0.227 e. The maximum atomic E-state index is 13.5. The average Bonchev–Trinajstić information content (AvgIpc) is 3.23. The number of aliphatic imine (C=N–C) groups is 1. The monoisotopic (exact) mass is 486 g/mol. The van der Waals surface area contributed by atoms with Crippen LogP contribution in [0.3, 0.4) is 0 Å². The fraction of sp³-hybridized carbons (Fsp3) is 0.310. The van der Waals surface area contributed by atoms with Crippen LogP contribution in [0.4, 0.5) is 4.39 Å². The number of aromatic nitrogens is 1. The number of aliphatic hydroxyl groups excluding tert-OH is 1. The minimum atomic E-state index is -0.517. The van der Waals surface area contributed by atoms with Gasteiger partial charge < -0.3 is 19.7 Å². The van der Waals surface area contributed by atoms with Crippen molar-refractivity contribution in [3.63, 3.8) is 0 Å². The first kappa shape index (κ1) is 24.2. The highest BCUT2D eigenvalue weighted by Crippen LogP contribution is 2.35. The third-order valence-corrected chi connectivity index (χ3v) is 6.81. The number of likely N-dealkylation sites (tertiary alicyclic amines) is 1. The van der Waals surface area contributed by atoms with Gasteiger partial charge in [-0.1, -0.05) is 36.4 Å². The zero-order valence-electron chi connectivity index (χ0n) is 20.2. The molecule has 186 valence electrons. The van der Waals surface area contributed by atoms with Crippen molar-refractivity contribution in [2.24, 2.45) is 4.99 Å². The van der Waals surface area contributed by atoms with E-state index in [1.54, 1.807) is 18.2 Å². The van der Waals surface area contributed by atoms with Crippen molar-refractivity contribution in [3.8, 4) is 11.5 Å². The van der Waals surface area contributed by atoms with Crippen molar-refractivity contribution >= 4 is 5.84 Å². The van der Waals surface area contributed by atoms with Crippen LogP contribution in [0.2, 0.25) is 0 Å². The molecule has 0 amide bonds. The van der Waals surface area contributed by atoms with Crippen molar-refractivity contribution < 1.29 is 13.9 Å². The summed E-state index contributed by atoms with van der Waals surface area (Å²) in [6.07, 6.45) is 7.84. The van der Waals surface area contributed by atoms with Gasteiger partial charge in [0.05, 0.1) is 12.1 Å². The van der Waals surface area contributed by atoms with E-state index in [-0.39, 0.29) is 17.8 Å². The highest BCUT2D eigenvalue weighted by molar-refractivity contribution is 5.99. The lowest BCUT2D eigenvalue weighted by Crippen LogP contribution is -2.30. The van der Waals surface area contributed by atoms with Gasteiger partial charge in [-0.3, -0.25) is 4.99 Å². The van der Waals surface area contributed by atoms with E-state index in [9.17, 15) is 9.50 Å². The van der Waals surface area contributed by atoms with Crippen LogP contribution >= 0.6 is 0 Å². The highest BCUT2D eigenvalue weighted by atomic mass is 19.1. The molecule has 36 heavy (non-hydrogen) atoms. The Labute approximate surface area is 210 Å². The third kappa shape index (κ3) is 5.48. The molecule has 5 rings (SSSR count). The number of amidine groups is 1. The molecule has 7 heteroatoms. The average molecular weight is 487 g/mol. The minimum Gasteiger partial charge on any atom is -0.440 e. The molecular formula is C29H31FN4O2. The van der Waals surface area contributed by atoms with E-state index >= 15 is 0 Å². The molecular weight excluding hydrogens is 455 g/mol. The Morgan fingerprint density at radius 3 is 2.72 bits per heavy atom. The summed E-state index contributed by atoms with van der Waals surface area (Å²) < 4.78 is 19.9. The number of benzene rings is 2. The standard InChI is InChI=1S/C29H31FN4O2/c1-2-24-14-16-31-28(32-24)26-27(36-29(33-26)22-10-12-23(30)13-11-22)21-9-6-17-34(18-15-21)19-25(35)20-7-4-3-5-8-20/h2-5,7-8,10-14,16,21,24-25,35H,1,6,9,15,17-19H2,(H,31,32). The van der Waals surface area contributed by atoms with E-state index in [2.05, 4.69) is 16.8 Å². The van der Waals surface area contributed by atoms with Crippen molar-refractivity contribution in [1.29, 1.82) is 0 Å². The van der Waals surface area contributed by atoms with Crippen LogP contribution in [0.15, 0.2) is 88.9 Å². The summed E-state index contributed by atoms with van der Waals surface area (Å²) >= 11 is 0. The largest absolute Gasteiger partial charge is 0.440 e. The summed E-state index contributed by atoms with van der Waals surface area (Å²) in [5, 5.41) is 13.9. The van der Waals surface area contributed by atoms with Gasteiger partial charge >= 0.3 is 0 Å². The zero-order chi connectivity index (χ0) is 24.9. The molecule has 6 nitrogen and oxygen atoms in total. The maximum Gasteiger partial charge on any atom is 0.227 e. The van der Waals surface area contributed by atoms with E-state index in [4.69, 9.17) is 14.4 Å². The SMILES string of the molecule is C=CC1C=CNC(c2nc(-c3ccc(F)cc3)oc2C2CCCN(CC(O)c3ccccc3)CC2)=N1. The quantitative estimate of drug-likeness (QED) is 0.449. The number of nitrogens with zero attached hydrogens (tertiary/aromatic N) is 3. The first-order valence-electron chi connectivity index (χ1n) is 12.5. The van der Waals surface area contributed by atoms with Crippen molar-refractivity contribution in [3.05, 3.63) is 102 Å². The first-order valence-corrected chi connectivity index (χ1v) is 12.5. The summed E-state index contributed by atoms with van der Waals surface area (Å²) in [4.78, 5) is 11.9. The Balaban J connectivity index is 1.39. The second-order valence-corrected chi connectivity index (χ2v) is 9.30. The van der Waals surface area contributed by atoms with Gasteiger partial charge in [-0.2, -0.15) is 0 Å². The zero-order valence-corrected chi connectivity index (χ0v) is 20.2. The molecule has 1 saturated heterocycles. The molecule has 1 aromatic heterocycles. The van der Waals surface area contributed by atoms with E-state index in [1.807, 2.05) is 42.6 Å². The maximum absolute atomic E-state index is 13.5. The first-order chi connectivity index (χ1) is 17.6. The van der Waals surface area contributed by atoms with Crippen LogP contribution in [-0.4, -0.2) is 46.5 Å². The molecule has 0 radical (unpaired) electrons. The van der Waals surface area contributed by atoms with Crippen LogP contribution in [0, 0.1) is 5.82 Å². The second kappa shape index (κ2) is 11.0. The molecule has 0 bridgehead atoms. The molecule has 2 aliphatic heterocycles. The van der Waals surface area contributed by atoms with Gasteiger partial charge in [-0.25, -0.2) is 9.37 Å². The summed E-state index contributed by atoms with van der Waals surface area (Å²) in [6, 6.07) is 15.8. The molecule has 2 aromatic carbocycles. The van der Waals surface area contributed by atoms with Gasteiger partial charge in [-0.15, -0.1) is 6.58 Å². The van der Waals surface area contributed by atoms with E-state index < -0.39 is 6.10 Å². The molecule has 0 aliphatic carbocycles. The number of oxazole rings is 1. The van der Waals surface area contributed by atoms with Crippen LogP contribution in [0.5, 0.6) is 0 Å². The van der Waals surface area contributed by atoms with Crippen molar-refractivity contribution in [2.75, 3.05) is 19.6 Å². The molecule has 3 unspecified atom stereocenters. The Bertz CT molecular complexity index is 1240.